The van der Waals surface area contributed by atoms with E-state index in [0.29, 0.717) is 45.1 Å². The first-order valence-electron chi connectivity index (χ1n) is 10.6. The zero-order valence-corrected chi connectivity index (χ0v) is 20.6. The van der Waals surface area contributed by atoms with Crippen molar-refractivity contribution in [3.8, 4) is 5.69 Å². The van der Waals surface area contributed by atoms with Crippen LogP contribution in [0.1, 0.15) is 22.5 Å². The lowest BCUT2D eigenvalue weighted by Crippen LogP contribution is -2.36. The predicted octanol–water partition coefficient (Wildman–Crippen LogP) is 6.44. The maximum atomic E-state index is 13.2. The highest BCUT2D eigenvalue weighted by atomic mass is 35.5. The molecule has 0 atom stereocenters. The van der Waals surface area contributed by atoms with E-state index < -0.39 is 35.3 Å². The molecule has 11 heteroatoms. The topological polar surface area (TPSA) is 71.4 Å². The molecule has 0 saturated carbocycles. The Kier molecular flexibility index (Phi) is 7.01. The van der Waals surface area contributed by atoms with E-state index in [-0.39, 0.29) is 4.91 Å². The molecule has 0 bridgehead atoms. The average molecular weight is 534 g/mol. The fraction of sp³-hybridized carbons (Fsp3) is 0.160. The second kappa shape index (κ2) is 9.87. The normalized spacial score (nSPS) is 15.2. The van der Waals surface area contributed by atoms with Crippen LogP contribution in [0.5, 0.6) is 0 Å². The molecule has 1 aliphatic heterocycles. The third-order valence-corrected chi connectivity index (χ3v) is 6.61. The SMILES string of the molecule is Cc1cc(/C=C2\SC(=O)N(CC(=O)Nc3cccc(Cl)c3)C2=O)c(C)n1-c1cccc(C(F)(F)F)c1. The van der Waals surface area contributed by atoms with Gasteiger partial charge in [0.2, 0.25) is 5.91 Å². The summed E-state index contributed by atoms with van der Waals surface area (Å²) in [5.41, 5.74) is 1.79. The predicted molar refractivity (Wildman–Crippen MR) is 133 cm³/mol. The molecule has 186 valence electrons. The fourth-order valence-electron chi connectivity index (χ4n) is 3.84. The van der Waals surface area contributed by atoms with Crippen LogP contribution in [0.2, 0.25) is 5.02 Å². The van der Waals surface area contributed by atoms with Gasteiger partial charge < -0.3 is 9.88 Å². The van der Waals surface area contributed by atoms with Gasteiger partial charge in [-0.25, -0.2) is 0 Å². The van der Waals surface area contributed by atoms with Crippen molar-refractivity contribution < 1.29 is 27.6 Å². The van der Waals surface area contributed by atoms with Crippen molar-refractivity contribution in [2.45, 2.75) is 20.0 Å². The second-order valence-corrected chi connectivity index (χ2v) is 9.47. The first-order chi connectivity index (χ1) is 16.9. The van der Waals surface area contributed by atoms with Gasteiger partial charge in [-0.15, -0.1) is 0 Å². The van der Waals surface area contributed by atoms with Gasteiger partial charge in [0.15, 0.2) is 0 Å². The number of carbonyl (C=O) groups excluding carboxylic acids is 3. The quantitative estimate of drug-likeness (QED) is 0.383. The number of hydrogen-bond donors (Lipinski definition) is 1. The number of thioether (sulfide) groups is 1. The van der Waals surface area contributed by atoms with Crippen molar-refractivity contribution in [3.05, 3.63) is 87.0 Å². The molecule has 2 aromatic carbocycles. The van der Waals surface area contributed by atoms with Gasteiger partial charge in [-0.3, -0.25) is 19.3 Å². The molecule has 3 amide bonds. The summed E-state index contributed by atoms with van der Waals surface area (Å²) in [5.74, 6) is -1.20. The van der Waals surface area contributed by atoms with Crippen LogP contribution in [0.3, 0.4) is 0 Å². The van der Waals surface area contributed by atoms with Crippen molar-refractivity contribution >= 4 is 52.2 Å². The number of hydrogen-bond acceptors (Lipinski definition) is 4. The Morgan fingerprint density at radius 3 is 2.50 bits per heavy atom. The molecular weight excluding hydrogens is 515 g/mol. The summed E-state index contributed by atoms with van der Waals surface area (Å²) in [7, 11) is 0. The first-order valence-corrected chi connectivity index (χ1v) is 11.8. The molecule has 0 radical (unpaired) electrons. The minimum atomic E-state index is -4.48. The Morgan fingerprint density at radius 1 is 1.08 bits per heavy atom. The van der Waals surface area contributed by atoms with E-state index in [1.54, 1.807) is 48.7 Å². The van der Waals surface area contributed by atoms with E-state index in [9.17, 15) is 27.6 Å². The Hall–Kier alpha value is -3.50. The molecule has 1 aromatic heterocycles. The number of carbonyl (C=O) groups is 3. The fourth-order valence-corrected chi connectivity index (χ4v) is 4.86. The average Bonchev–Trinajstić information content (AvgIpc) is 3.22. The first kappa shape index (κ1) is 25.6. The van der Waals surface area contributed by atoms with E-state index in [1.165, 1.54) is 18.2 Å². The molecule has 1 fully saturated rings. The summed E-state index contributed by atoms with van der Waals surface area (Å²) >= 11 is 6.59. The van der Waals surface area contributed by atoms with E-state index in [0.717, 1.165) is 17.0 Å². The molecule has 1 aliphatic rings. The largest absolute Gasteiger partial charge is 0.416 e. The van der Waals surface area contributed by atoms with Crippen LogP contribution in [-0.2, 0) is 15.8 Å². The lowest BCUT2D eigenvalue weighted by Gasteiger charge is -2.13. The smallest absolute Gasteiger partial charge is 0.324 e. The van der Waals surface area contributed by atoms with Crippen LogP contribution >= 0.6 is 23.4 Å². The molecule has 1 N–H and O–H groups in total. The van der Waals surface area contributed by atoms with E-state index in [4.69, 9.17) is 11.6 Å². The Morgan fingerprint density at radius 2 is 1.81 bits per heavy atom. The van der Waals surface area contributed by atoms with Gasteiger partial charge in [-0.2, -0.15) is 13.2 Å². The van der Waals surface area contributed by atoms with Gasteiger partial charge in [0.1, 0.15) is 6.54 Å². The molecule has 36 heavy (non-hydrogen) atoms. The maximum absolute atomic E-state index is 13.2. The molecule has 4 rings (SSSR count). The lowest BCUT2D eigenvalue weighted by molar-refractivity contribution is -0.137. The number of benzene rings is 2. The van der Waals surface area contributed by atoms with Crippen LogP contribution < -0.4 is 5.32 Å². The van der Waals surface area contributed by atoms with Crippen LogP contribution in [-0.4, -0.2) is 33.1 Å². The molecule has 6 nitrogen and oxygen atoms in total. The van der Waals surface area contributed by atoms with E-state index >= 15 is 0 Å². The van der Waals surface area contributed by atoms with E-state index in [1.807, 2.05) is 0 Å². The van der Waals surface area contributed by atoms with Crippen molar-refractivity contribution in [2.24, 2.45) is 0 Å². The zero-order valence-electron chi connectivity index (χ0n) is 19.0. The third-order valence-electron chi connectivity index (χ3n) is 5.47. The summed E-state index contributed by atoms with van der Waals surface area (Å²) in [6, 6.07) is 13.1. The summed E-state index contributed by atoms with van der Waals surface area (Å²) in [6.45, 7) is 2.97. The number of rotatable bonds is 5. The minimum absolute atomic E-state index is 0.111. The number of anilines is 1. The van der Waals surface area contributed by atoms with Gasteiger partial charge in [0.05, 0.1) is 10.5 Å². The van der Waals surface area contributed by atoms with Crippen molar-refractivity contribution in [1.29, 1.82) is 0 Å². The van der Waals surface area contributed by atoms with Crippen LogP contribution in [0.25, 0.3) is 11.8 Å². The number of alkyl halides is 3. The molecule has 2 heterocycles. The molecule has 0 aliphatic carbocycles. The Bertz CT molecular complexity index is 1420. The number of aromatic nitrogens is 1. The summed E-state index contributed by atoms with van der Waals surface area (Å²) in [5, 5.41) is 2.41. The summed E-state index contributed by atoms with van der Waals surface area (Å²) < 4.78 is 41.2. The molecule has 3 aromatic rings. The maximum Gasteiger partial charge on any atom is 0.416 e. The van der Waals surface area contributed by atoms with Gasteiger partial charge in [0, 0.05) is 27.8 Å². The molecular formula is C25H19ClF3N3O3S. The summed E-state index contributed by atoms with van der Waals surface area (Å²) in [6.07, 6.45) is -2.97. The van der Waals surface area contributed by atoms with Gasteiger partial charge in [-0.1, -0.05) is 23.7 Å². The second-order valence-electron chi connectivity index (χ2n) is 8.04. The zero-order chi connectivity index (χ0) is 26.2. The van der Waals surface area contributed by atoms with Crippen molar-refractivity contribution in [2.75, 3.05) is 11.9 Å². The van der Waals surface area contributed by atoms with E-state index in [2.05, 4.69) is 5.32 Å². The lowest BCUT2D eigenvalue weighted by atomic mass is 10.2. The third kappa shape index (κ3) is 5.34. The highest BCUT2D eigenvalue weighted by Gasteiger charge is 2.36. The highest BCUT2D eigenvalue weighted by molar-refractivity contribution is 8.18. The van der Waals surface area contributed by atoms with Crippen molar-refractivity contribution in [3.63, 3.8) is 0 Å². The van der Waals surface area contributed by atoms with Crippen molar-refractivity contribution in [1.82, 2.24) is 9.47 Å². The number of nitrogens with one attached hydrogen (secondary N) is 1. The number of halogens is 4. The number of nitrogens with zero attached hydrogens (tertiary/aromatic N) is 2. The van der Waals surface area contributed by atoms with Gasteiger partial charge >= 0.3 is 6.18 Å². The highest BCUT2D eigenvalue weighted by Crippen LogP contribution is 2.35. The Balaban J connectivity index is 1.55. The monoisotopic (exact) mass is 533 g/mol. The molecule has 1 saturated heterocycles. The van der Waals surface area contributed by atoms with Gasteiger partial charge in [0.25, 0.3) is 11.1 Å². The van der Waals surface area contributed by atoms with Crippen LogP contribution in [0.15, 0.2) is 59.5 Å². The van der Waals surface area contributed by atoms with Crippen LogP contribution in [0, 0.1) is 13.8 Å². The minimum Gasteiger partial charge on any atom is -0.324 e. The number of amides is 3. The Labute approximate surface area is 213 Å². The standard InChI is InChI=1S/C25H19ClF3N3O3S/c1-14-9-16(15(2)32(14)20-8-3-5-17(11-20)25(27,28)29)10-21-23(34)31(24(35)36-21)13-22(33)30-19-7-4-6-18(26)12-19/h3-12H,13H2,1-2H3,(H,30,33)/b21-10-. The van der Waals surface area contributed by atoms with Crippen LogP contribution in [0.4, 0.5) is 23.7 Å². The summed E-state index contributed by atoms with van der Waals surface area (Å²) in [4.78, 5) is 38.7. The molecule has 0 spiro atoms. The number of imide groups is 1. The molecule has 0 unspecified atom stereocenters. The number of aryl methyl sites for hydroxylation is 1. The van der Waals surface area contributed by atoms with Gasteiger partial charge in [-0.05, 0) is 79.7 Å².